The number of rotatable bonds is 8. The van der Waals surface area contributed by atoms with Crippen LogP contribution in [0.2, 0.25) is 5.02 Å². The van der Waals surface area contributed by atoms with Gasteiger partial charge in [0.2, 0.25) is 5.91 Å². The van der Waals surface area contributed by atoms with E-state index < -0.39 is 0 Å². The van der Waals surface area contributed by atoms with E-state index in [9.17, 15) is 9.90 Å². The summed E-state index contributed by atoms with van der Waals surface area (Å²) in [4.78, 5) is 17.3. The number of aliphatic hydroxyl groups is 1. The molecule has 0 spiro atoms. The highest BCUT2D eigenvalue weighted by molar-refractivity contribution is 6.30. The minimum atomic E-state index is -0.295. The number of hydrogen-bond acceptors (Lipinski definition) is 4. The minimum absolute atomic E-state index is 0.00324. The molecule has 0 radical (unpaired) electrons. The van der Waals surface area contributed by atoms with Gasteiger partial charge in [-0.25, -0.2) is 0 Å². The van der Waals surface area contributed by atoms with Crippen LogP contribution in [-0.2, 0) is 17.9 Å². The Balaban J connectivity index is 1.50. The molecule has 1 aliphatic heterocycles. The second-order valence-electron chi connectivity index (χ2n) is 7.17. The first-order valence-electron chi connectivity index (χ1n) is 9.79. The zero-order valence-electron chi connectivity index (χ0n) is 16.1. The Hall–Kier alpha value is -1.92. The van der Waals surface area contributed by atoms with E-state index in [0.29, 0.717) is 18.0 Å². The summed E-state index contributed by atoms with van der Waals surface area (Å²) in [6, 6.07) is 17.6. The summed E-state index contributed by atoms with van der Waals surface area (Å²) in [6.07, 6.45) is 0.450. The van der Waals surface area contributed by atoms with Gasteiger partial charge >= 0.3 is 0 Å². The first-order valence-corrected chi connectivity index (χ1v) is 10.2. The highest BCUT2D eigenvalue weighted by Crippen LogP contribution is 2.14. The number of nitrogens with zero attached hydrogens (tertiary/aromatic N) is 2. The van der Waals surface area contributed by atoms with Crippen molar-refractivity contribution in [3.63, 3.8) is 0 Å². The van der Waals surface area contributed by atoms with Gasteiger partial charge in [-0.2, -0.15) is 0 Å². The van der Waals surface area contributed by atoms with E-state index in [2.05, 4.69) is 39.4 Å². The average Bonchev–Trinajstić information content (AvgIpc) is 2.73. The lowest BCUT2D eigenvalue weighted by Gasteiger charge is -2.38. The van der Waals surface area contributed by atoms with Crippen molar-refractivity contribution in [3.05, 3.63) is 70.7 Å². The summed E-state index contributed by atoms with van der Waals surface area (Å²) < 4.78 is 0. The van der Waals surface area contributed by atoms with E-state index in [1.165, 1.54) is 5.56 Å². The Morgan fingerprint density at radius 2 is 1.68 bits per heavy atom. The summed E-state index contributed by atoms with van der Waals surface area (Å²) in [6.45, 7) is 4.89. The quantitative estimate of drug-likeness (QED) is 0.713. The summed E-state index contributed by atoms with van der Waals surface area (Å²) in [5, 5.41) is 13.1. The van der Waals surface area contributed by atoms with Crippen LogP contribution >= 0.6 is 11.6 Å². The highest BCUT2D eigenvalue weighted by atomic mass is 35.5. The third-order valence-corrected chi connectivity index (χ3v) is 5.43. The van der Waals surface area contributed by atoms with Crippen molar-refractivity contribution in [1.82, 2.24) is 15.1 Å². The molecule has 1 heterocycles. The molecule has 2 aromatic carbocycles. The molecule has 1 aliphatic rings. The predicted molar refractivity (Wildman–Crippen MR) is 112 cm³/mol. The molecule has 1 atom stereocenters. The molecule has 1 fully saturated rings. The number of carbonyl (C=O) groups excluding carboxylic acids is 1. The van der Waals surface area contributed by atoms with Crippen molar-refractivity contribution in [2.45, 2.75) is 25.6 Å². The Morgan fingerprint density at radius 1 is 1.00 bits per heavy atom. The van der Waals surface area contributed by atoms with Crippen molar-refractivity contribution in [2.24, 2.45) is 0 Å². The van der Waals surface area contributed by atoms with E-state index in [1.807, 2.05) is 30.3 Å². The summed E-state index contributed by atoms with van der Waals surface area (Å²) in [7, 11) is 0. The van der Waals surface area contributed by atoms with Crippen LogP contribution in [-0.4, -0.2) is 59.6 Å². The molecule has 150 valence electrons. The van der Waals surface area contributed by atoms with Gasteiger partial charge < -0.3 is 10.4 Å². The second kappa shape index (κ2) is 10.6. The third-order valence-electron chi connectivity index (χ3n) is 5.18. The molecule has 2 aromatic rings. The smallest absolute Gasteiger partial charge is 0.237 e. The largest absolute Gasteiger partial charge is 0.396 e. The second-order valence-corrected chi connectivity index (χ2v) is 7.61. The maximum Gasteiger partial charge on any atom is 0.237 e. The molecule has 1 unspecified atom stereocenters. The molecular weight excluding hydrogens is 374 g/mol. The van der Waals surface area contributed by atoms with Gasteiger partial charge in [-0.15, -0.1) is 0 Å². The van der Waals surface area contributed by atoms with E-state index >= 15 is 0 Å². The monoisotopic (exact) mass is 401 g/mol. The van der Waals surface area contributed by atoms with Crippen LogP contribution in [0.5, 0.6) is 0 Å². The molecule has 28 heavy (non-hydrogen) atoms. The normalized spacial score (nSPS) is 16.6. The van der Waals surface area contributed by atoms with Crippen LogP contribution in [0.4, 0.5) is 0 Å². The van der Waals surface area contributed by atoms with E-state index in [0.717, 1.165) is 38.3 Å². The van der Waals surface area contributed by atoms with Gasteiger partial charge in [0.25, 0.3) is 0 Å². The number of hydrogen-bond donors (Lipinski definition) is 2. The predicted octanol–water partition coefficient (Wildman–Crippen LogP) is 2.53. The molecule has 1 amide bonds. The van der Waals surface area contributed by atoms with Crippen molar-refractivity contribution >= 4 is 17.5 Å². The van der Waals surface area contributed by atoms with Gasteiger partial charge in [-0.1, -0.05) is 54.1 Å². The Bertz CT molecular complexity index is 731. The molecule has 0 bridgehead atoms. The molecule has 6 heteroatoms. The number of piperazine rings is 1. The molecule has 3 rings (SSSR count). The lowest BCUT2D eigenvalue weighted by molar-refractivity contribution is -0.128. The van der Waals surface area contributed by atoms with Gasteiger partial charge in [0.05, 0.1) is 6.04 Å². The molecule has 1 saturated heterocycles. The number of amides is 1. The average molecular weight is 402 g/mol. The van der Waals surface area contributed by atoms with Gasteiger partial charge in [-0.3, -0.25) is 14.6 Å². The van der Waals surface area contributed by atoms with Crippen molar-refractivity contribution in [2.75, 3.05) is 32.8 Å². The van der Waals surface area contributed by atoms with Crippen LogP contribution in [0.1, 0.15) is 17.5 Å². The van der Waals surface area contributed by atoms with Crippen LogP contribution in [0.25, 0.3) is 0 Å². The zero-order valence-corrected chi connectivity index (χ0v) is 16.8. The number of nitrogens with one attached hydrogen (secondary N) is 1. The first kappa shape index (κ1) is 20.8. The summed E-state index contributed by atoms with van der Waals surface area (Å²) >= 11 is 5.90. The topological polar surface area (TPSA) is 55.8 Å². The maximum absolute atomic E-state index is 12.7. The van der Waals surface area contributed by atoms with Crippen molar-refractivity contribution in [1.29, 1.82) is 0 Å². The Kier molecular flexibility index (Phi) is 7.86. The van der Waals surface area contributed by atoms with E-state index in [-0.39, 0.29) is 18.6 Å². The lowest BCUT2D eigenvalue weighted by Crippen LogP contribution is -2.54. The summed E-state index contributed by atoms with van der Waals surface area (Å²) in [5.41, 5.74) is 2.32. The van der Waals surface area contributed by atoms with E-state index in [4.69, 9.17) is 11.6 Å². The fraction of sp³-hybridized carbons (Fsp3) is 0.409. The van der Waals surface area contributed by atoms with Crippen LogP contribution in [0.3, 0.4) is 0 Å². The Labute approximate surface area is 171 Å². The number of halogens is 1. The van der Waals surface area contributed by atoms with Gasteiger partial charge in [0, 0.05) is 50.9 Å². The number of carbonyl (C=O) groups is 1. The van der Waals surface area contributed by atoms with Crippen molar-refractivity contribution < 1.29 is 9.90 Å². The SMILES string of the molecule is O=C(NCc1ccc(Cl)cc1)C(CCO)N1CCN(Cc2ccccc2)CC1. The van der Waals surface area contributed by atoms with Gasteiger partial charge in [0.1, 0.15) is 0 Å². The third kappa shape index (κ3) is 6.04. The molecule has 0 aliphatic carbocycles. The molecular formula is C22H28ClN3O2. The van der Waals surface area contributed by atoms with E-state index in [1.54, 1.807) is 0 Å². The zero-order chi connectivity index (χ0) is 19.8. The minimum Gasteiger partial charge on any atom is -0.396 e. The standard InChI is InChI=1S/C22H28ClN3O2/c23-20-8-6-18(7-9-20)16-24-22(28)21(10-15-27)26-13-11-25(12-14-26)17-19-4-2-1-3-5-19/h1-9,21,27H,10-17H2,(H,24,28). The lowest BCUT2D eigenvalue weighted by atomic mass is 10.1. The molecule has 0 saturated carbocycles. The molecule has 5 nitrogen and oxygen atoms in total. The number of benzene rings is 2. The first-order chi connectivity index (χ1) is 13.7. The Morgan fingerprint density at radius 3 is 2.32 bits per heavy atom. The summed E-state index contributed by atoms with van der Waals surface area (Å²) in [5.74, 6) is -0.0273. The number of aliphatic hydroxyl groups excluding tert-OH is 1. The van der Waals surface area contributed by atoms with Crippen LogP contribution in [0.15, 0.2) is 54.6 Å². The van der Waals surface area contributed by atoms with Crippen molar-refractivity contribution in [3.8, 4) is 0 Å². The highest BCUT2D eigenvalue weighted by Gasteiger charge is 2.28. The maximum atomic E-state index is 12.7. The fourth-order valence-electron chi connectivity index (χ4n) is 3.59. The molecule has 0 aromatic heterocycles. The van der Waals surface area contributed by atoms with Crippen LogP contribution < -0.4 is 5.32 Å². The van der Waals surface area contributed by atoms with Crippen LogP contribution in [0, 0.1) is 0 Å². The van der Waals surface area contributed by atoms with Gasteiger partial charge in [0.15, 0.2) is 0 Å². The fourth-order valence-corrected chi connectivity index (χ4v) is 3.71. The molecule has 2 N–H and O–H groups in total. The van der Waals surface area contributed by atoms with Gasteiger partial charge in [-0.05, 0) is 29.7 Å².